The number of ether oxygens (including phenoxy) is 1. The second kappa shape index (κ2) is 7.20. The smallest absolute Gasteiger partial charge is 0.326 e. The highest BCUT2D eigenvalue weighted by Crippen LogP contribution is 2.31. The van der Waals surface area contributed by atoms with Crippen LogP contribution < -0.4 is 5.32 Å². The summed E-state index contributed by atoms with van der Waals surface area (Å²) in [4.78, 5) is 26.4. The van der Waals surface area contributed by atoms with E-state index >= 15 is 0 Å². The highest BCUT2D eigenvalue weighted by molar-refractivity contribution is 5.82. The van der Waals surface area contributed by atoms with Gasteiger partial charge in [0.25, 0.3) is 0 Å². The molecule has 0 atom stereocenters. The standard InChI is InChI=1S/C18H32N2O3/c1-17(2,3)15(21)20-11-7-14(8-12-20)13-19-18(16(22)23-4)9-5-6-10-18/h14,19H,5-13H2,1-4H3. The molecule has 132 valence electrons. The van der Waals surface area contributed by atoms with Crippen LogP contribution in [0.2, 0.25) is 0 Å². The van der Waals surface area contributed by atoms with Crippen LogP contribution in [0.3, 0.4) is 0 Å². The molecule has 0 unspecified atom stereocenters. The molecule has 5 heteroatoms. The maximum Gasteiger partial charge on any atom is 0.326 e. The molecule has 0 radical (unpaired) electrons. The summed E-state index contributed by atoms with van der Waals surface area (Å²) in [5, 5.41) is 3.51. The second-order valence-electron chi connectivity index (χ2n) is 8.15. The van der Waals surface area contributed by atoms with E-state index in [9.17, 15) is 9.59 Å². The summed E-state index contributed by atoms with van der Waals surface area (Å²) in [7, 11) is 1.47. The lowest BCUT2D eigenvalue weighted by Gasteiger charge is -2.37. The van der Waals surface area contributed by atoms with Gasteiger partial charge in [-0.1, -0.05) is 33.6 Å². The third kappa shape index (κ3) is 4.25. The number of methoxy groups -OCH3 is 1. The Morgan fingerprint density at radius 2 is 1.74 bits per heavy atom. The maximum absolute atomic E-state index is 12.3. The van der Waals surface area contributed by atoms with Crippen LogP contribution in [0.15, 0.2) is 0 Å². The third-order valence-corrected chi connectivity index (χ3v) is 5.31. The first-order valence-corrected chi connectivity index (χ1v) is 8.91. The number of carbonyl (C=O) groups is 2. The highest BCUT2D eigenvalue weighted by Gasteiger charge is 2.42. The SMILES string of the molecule is COC(=O)C1(NCC2CCN(C(=O)C(C)(C)C)CC2)CCCC1. The summed E-state index contributed by atoms with van der Waals surface area (Å²) >= 11 is 0. The number of hydrogen-bond acceptors (Lipinski definition) is 4. The predicted molar refractivity (Wildman–Crippen MR) is 90.0 cm³/mol. The van der Waals surface area contributed by atoms with E-state index in [1.807, 2.05) is 25.7 Å². The summed E-state index contributed by atoms with van der Waals surface area (Å²) in [5.41, 5.74) is -0.767. The first kappa shape index (κ1) is 18.2. The number of rotatable bonds is 4. The average molecular weight is 324 g/mol. The summed E-state index contributed by atoms with van der Waals surface area (Å²) < 4.78 is 5.01. The number of likely N-dealkylation sites (tertiary alicyclic amines) is 1. The van der Waals surface area contributed by atoms with Gasteiger partial charge in [-0.05, 0) is 38.1 Å². The molecule has 0 aromatic heterocycles. The molecule has 1 heterocycles. The van der Waals surface area contributed by atoms with Gasteiger partial charge >= 0.3 is 5.97 Å². The Morgan fingerprint density at radius 3 is 2.22 bits per heavy atom. The molecule has 1 amide bonds. The second-order valence-corrected chi connectivity index (χ2v) is 8.15. The van der Waals surface area contributed by atoms with Crippen molar-refractivity contribution in [1.29, 1.82) is 0 Å². The van der Waals surface area contributed by atoms with E-state index in [0.29, 0.717) is 5.92 Å². The van der Waals surface area contributed by atoms with Gasteiger partial charge in [-0.25, -0.2) is 0 Å². The fourth-order valence-electron chi connectivity index (χ4n) is 3.78. The van der Waals surface area contributed by atoms with E-state index in [1.165, 1.54) is 7.11 Å². The Morgan fingerprint density at radius 1 is 1.17 bits per heavy atom. The van der Waals surface area contributed by atoms with Gasteiger partial charge in [0.2, 0.25) is 5.91 Å². The Balaban J connectivity index is 1.82. The van der Waals surface area contributed by atoms with E-state index in [1.54, 1.807) is 0 Å². The van der Waals surface area contributed by atoms with Crippen molar-refractivity contribution in [3.8, 4) is 0 Å². The molecule has 2 aliphatic rings. The number of nitrogens with one attached hydrogen (secondary N) is 1. The zero-order valence-corrected chi connectivity index (χ0v) is 15.1. The van der Waals surface area contributed by atoms with Crippen molar-refractivity contribution in [1.82, 2.24) is 10.2 Å². The summed E-state index contributed by atoms with van der Waals surface area (Å²) in [6.45, 7) is 8.42. The van der Waals surface area contributed by atoms with Crippen LogP contribution >= 0.6 is 0 Å². The van der Waals surface area contributed by atoms with Crippen LogP contribution in [0.25, 0.3) is 0 Å². The van der Waals surface area contributed by atoms with Gasteiger partial charge in [0.1, 0.15) is 5.54 Å². The number of amides is 1. The Kier molecular flexibility index (Phi) is 5.71. The first-order chi connectivity index (χ1) is 10.8. The van der Waals surface area contributed by atoms with E-state index in [-0.39, 0.29) is 17.3 Å². The molecular weight excluding hydrogens is 292 g/mol. The normalized spacial score (nSPS) is 22.2. The molecule has 23 heavy (non-hydrogen) atoms. The lowest BCUT2D eigenvalue weighted by molar-refractivity contribution is -0.148. The van der Waals surface area contributed by atoms with Crippen LogP contribution in [0.4, 0.5) is 0 Å². The van der Waals surface area contributed by atoms with E-state index in [4.69, 9.17) is 4.74 Å². The zero-order valence-electron chi connectivity index (χ0n) is 15.1. The van der Waals surface area contributed by atoms with Crippen molar-refractivity contribution in [2.45, 2.75) is 64.8 Å². The largest absolute Gasteiger partial charge is 0.468 e. The van der Waals surface area contributed by atoms with Crippen LogP contribution in [-0.4, -0.2) is 49.1 Å². The minimum absolute atomic E-state index is 0.115. The fraction of sp³-hybridized carbons (Fsp3) is 0.889. The van der Waals surface area contributed by atoms with Gasteiger partial charge in [-0.3, -0.25) is 9.59 Å². The van der Waals surface area contributed by atoms with E-state index in [0.717, 1.165) is 58.2 Å². The predicted octanol–water partition coefficient (Wildman–Crippen LogP) is 2.35. The van der Waals surface area contributed by atoms with Gasteiger partial charge in [0, 0.05) is 18.5 Å². The summed E-state index contributed by atoms with van der Waals surface area (Å²) in [5.74, 6) is 0.655. The number of nitrogens with zero attached hydrogens (tertiary/aromatic N) is 1. The number of esters is 1. The van der Waals surface area contributed by atoms with Gasteiger partial charge < -0.3 is 15.0 Å². The van der Waals surface area contributed by atoms with Gasteiger partial charge in [-0.2, -0.15) is 0 Å². The molecule has 0 aromatic carbocycles. The Bertz CT molecular complexity index is 428. The topological polar surface area (TPSA) is 58.6 Å². The minimum Gasteiger partial charge on any atom is -0.468 e. The highest BCUT2D eigenvalue weighted by atomic mass is 16.5. The molecule has 5 nitrogen and oxygen atoms in total. The van der Waals surface area contributed by atoms with E-state index in [2.05, 4.69) is 5.32 Å². The van der Waals surface area contributed by atoms with Crippen molar-refractivity contribution >= 4 is 11.9 Å². The van der Waals surface area contributed by atoms with Crippen LogP contribution in [-0.2, 0) is 14.3 Å². The summed E-state index contributed by atoms with van der Waals surface area (Å²) in [6.07, 6.45) is 5.93. The zero-order chi connectivity index (χ0) is 17.1. The average Bonchev–Trinajstić information content (AvgIpc) is 3.01. The van der Waals surface area contributed by atoms with Gasteiger partial charge in [0.05, 0.1) is 7.11 Å². The molecule has 1 N–H and O–H groups in total. The molecule has 0 aromatic rings. The monoisotopic (exact) mass is 324 g/mol. The molecule has 2 fully saturated rings. The molecular formula is C18H32N2O3. The lowest BCUT2D eigenvalue weighted by atomic mass is 9.90. The Labute approximate surface area is 140 Å². The molecule has 2 rings (SSSR count). The van der Waals surface area contributed by atoms with E-state index < -0.39 is 5.54 Å². The molecule has 1 aliphatic carbocycles. The van der Waals surface area contributed by atoms with Gasteiger partial charge in [-0.15, -0.1) is 0 Å². The van der Waals surface area contributed by atoms with Crippen molar-refractivity contribution < 1.29 is 14.3 Å². The minimum atomic E-state index is -0.465. The van der Waals surface area contributed by atoms with Crippen LogP contribution in [0.1, 0.15) is 59.3 Å². The number of piperidine rings is 1. The van der Waals surface area contributed by atoms with Crippen molar-refractivity contribution in [2.75, 3.05) is 26.7 Å². The lowest BCUT2D eigenvalue weighted by Crippen LogP contribution is -2.53. The van der Waals surface area contributed by atoms with Crippen LogP contribution in [0.5, 0.6) is 0 Å². The van der Waals surface area contributed by atoms with Crippen molar-refractivity contribution in [2.24, 2.45) is 11.3 Å². The quantitative estimate of drug-likeness (QED) is 0.807. The Hall–Kier alpha value is -1.10. The first-order valence-electron chi connectivity index (χ1n) is 8.91. The third-order valence-electron chi connectivity index (χ3n) is 5.31. The van der Waals surface area contributed by atoms with Crippen molar-refractivity contribution in [3.05, 3.63) is 0 Å². The van der Waals surface area contributed by atoms with Crippen molar-refractivity contribution in [3.63, 3.8) is 0 Å². The number of carbonyl (C=O) groups excluding carboxylic acids is 2. The molecule has 0 spiro atoms. The molecule has 1 saturated carbocycles. The number of hydrogen-bond donors (Lipinski definition) is 1. The fourth-order valence-corrected chi connectivity index (χ4v) is 3.78. The van der Waals surface area contributed by atoms with Crippen LogP contribution in [0, 0.1) is 11.3 Å². The van der Waals surface area contributed by atoms with Gasteiger partial charge in [0.15, 0.2) is 0 Å². The molecule has 1 aliphatic heterocycles. The summed E-state index contributed by atoms with van der Waals surface area (Å²) in [6, 6.07) is 0. The molecule has 0 bridgehead atoms. The molecule has 1 saturated heterocycles. The maximum atomic E-state index is 12.3.